The van der Waals surface area contributed by atoms with E-state index in [0.29, 0.717) is 0 Å². The Morgan fingerprint density at radius 1 is 1.04 bits per heavy atom. The van der Waals surface area contributed by atoms with Crippen LogP contribution in [0.3, 0.4) is 0 Å². The van der Waals surface area contributed by atoms with Gasteiger partial charge in [-0.05, 0) is 42.4 Å². The van der Waals surface area contributed by atoms with Crippen LogP contribution in [-0.2, 0) is 10.8 Å². The van der Waals surface area contributed by atoms with Gasteiger partial charge in [0.15, 0.2) is 0 Å². The van der Waals surface area contributed by atoms with Crippen molar-refractivity contribution in [1.82, 2.24) is 0 Å². The minimum atomic E-state index is -1.26. The summed E-state index contributed by atoms with van der Waals surface area (Å²) in [5.41, 5.74) is 1.85. The van der Waals surface area contributed by atoms with Crippen LogP contribution < -0.4 is 0 Å². The molecule has 4 heteroatoms. The zero-order chi connectivity index (χ0) is 17.9. The van der Waals surface area contributed by atoms with Gasteiger partial charge >= 0.3 is 0 Å². The molecule has 0 aliphatic carbocycles. The van der Waals surface area contributed by atoms with Crippen LogP contribution in [0.1, 0.15) is 37.1 Å². The van der Waals surface area contributed by atoms with Crippen LogP contribution in [0.5, 0.6) is 0 Å². The van der Waals surface area contributed by atoms with Crippen molar-refractivity contribution in [3.63, 3.8) is 0 Å². The average Bonchev–Trinajstić information content (AvgIpc) is 2.55. The lowest BCUT2D eigenvalue weighted by molar-refractivity contribution is 0.0605. The lowest BCUT2D eigenvalue weighted by Crippen LogP contribution is -2.31. The van der Waals surface area contributed by atoms with Gasteiger partial charge in [0.25, 0.3) is 0 Å². The fraction of sp³-hybridized carbons (Fsp3) is 0.400. The van der Waals surface area contributed by atoms with E-state index in [0.717, 1.165) is 20.9 Å². The third-order valence-electron chi connectivity index (χ3n) is 4.09. The minimum Gasteiger partial charge on any atom is -0.391 e. The Hall–Kier alpha value is -1.10. The van der Waals surface area contributed by atoms with Crippen molar-refractivity contribution in [2.24, 2.45) is 5.41 Å². The van der Waals surface area contributed by atoms with Gasteiger partial charge in [-0.3, -0.25) is 0 Å². The van der Waals surface area contributed by atoms with E-state index in [9.17, 15) is 9.32 Å². The molecule has 0 fully saturated rings. The molecule has 1 N–H and O–H groups in total. The number of aliphatic hydroxyl groups is 1. The molecule has 0 amide bonds. The van der Waals surface area contributed by atoms with Crippen LogP contribution in [-0.4, -0.2) is 21.7 Å². The summed E-state index contributed by atoms with van der Waals surface area (Å²) in [6, 6.07) is 15.5. The van der Waals surface area contributed by atoms with E-state index in [1.807, 2.05) is 82.5 Å². The molecule has 0 heterocycles. The summed E-state index contributed by atoms with van der Waals surface area (Å²) < 4.78 is 13.1. The number of hydrogen-bond acceptors (Lipinski definition) is 3. The van der Waals surface area contributed by atoms with Gasteiger partial charge < -0.3 is 5.11 Å². The van der Waals surface area contributed by atoms with Crippen molar-refractivity contribution in [1.29, 1.82) is 0 Å². The van der Waals surface area contributed by atoms with E-state index >= 15 is 0 Å². The van der Waals surface area contributed by atoms with E-state index in [-0.39, 0.29) is 10.7 Å². The summed E-state index contributed by atoms with van der Waals surface area (Å²) in [6.07, 6.45) is 1.47. The van der Waals surface area contributed by atoms with Gasteiger partial charge in [0.05, 0.1) is 22.2 Å². The van der Waals surface area contributed by atoms with Gasteiger partial charge in [-0.1, -0.05) is 56.7 Å². The van der Waals surface area contributed by atoms with E-state index < -0.39 is 16.9 Å². The third-order valence-corrected chi connectivity index (χ3v) is 6.58. The Labute approximate surface area is 152 Å². The largest absolute Gasteiger partial charge is 0.391 e. The van der Waals surface area contributed by atoms with Crippen LogP contribution >= 0.6 is 11.8 Å². The van der Waals surface area contributed by atoms with E-state index in [4.69, 9.17) is 0 Å². The van der Waals surface area contributed by atoms with E-state index in [1.54, 1.807) is 11.8 Å². The lowest BCUT2D eigenvalue weighted by atomic mass is 9.85. The topological polar surface area (TPSA) is 37.3 Å². The summed E-state index contributed by atoms with van der Waals surface area (Å²) in [5.74, 6) is 0. The summed E-state index contributed by atoms with van der Waals surface area (Å²) >= 11 is 1.60. The summed E-state index contributed by atoms with van der Waals surface area (Å²) in [6.45, 7) is 8.10. The number of thioether (sulfide) groups is 1. The fourth-order valence-corrected chi connectivity index (χ4v) is 5.00. The highest BCUT2D eigenvalue weighted by Crippen LogP contribution is 2.41. The first-order valence-electron chi connectivity index (χ1n) is 8.04. The van der Waals surface area contributed by atoms with Crippen LogP contribution in [0.15, 0.2) is 58.3 Å². The zero-order valence-corrected chi connectivity index (χ0v) is 16.6. The molecule has 0 aliphatic heterocycles. The Morgan fingerprint density at radius 3 is 2.17 bits per heavy atom. The molecule has 0 radical (unpaired) electrons. The lowest BCUT2D eigenvalue weighted by Gasteiger charge is -2.33. The fourth-order valence-electron chi connectivity index (χ4n) is 2.55. The molecule has 0 saturated heterocycles. The van der Waals surface area contributed by atoms with Crippen LogP contribution in [0.25, 0.3) is 0 Å². The smallest absolute Gasteiger partial charge is 0.0852 e. The number of aryl methyl sites for hydroxylation is 1. The van der Waals surface area contributed by atoms with E-state index in [2.05, 4.69) is 0 Å². The highest BCUT2D eigenvalue weighted by Gasteiger charge is 2.33. The molecule has 2 aromatic rings. The number of rotatable bonds is 5. The molecule has 24 heavy (non-hydrogen) atoms. The maximum atomic E-state index is 13.1. The van der Waals surface area contributed by atoms with Crippen molar-refractivity contribution in [2.45, 2.75) is 48.8 Å². The Balaban J connectivity index is 2.46. The molecule has 0 aliphatic rings. The van der Waals surface area contributed by atoms with Gasteiger partial charge in [0.2, 0.25) is 0 Å². The summed E-state index contributed by atoms with van der Waals surface area (Å²) in [5, 5.41) is 10.7. The molecule has 2 rings (SSSR count). The minimum absolute atomic E-state index is 0.115. The number of benzene rings is 2. The molecule has 2 nitrogen and oxygen atoms in total. The van der Waals surface area contributed by atoms with Crippen LogP contribution in [0.4, 0.5) is 0 Å². The molecular formula is C20H26O2S2. The predicted molar refractivity (Wildman–Crippen MR) is 104 cm³/mol. The maximum absolute atomic E-state index is 13.1. The second-order valence-electron chi connectivity index (χ2n) is 7.09. The molecule has 2 aromatic carbocycles. The van der Waals surface area contributed by atoms with Gasteiger partial charge in [-0.25, -0.2) is 4.21 Å². The second-order valence-corrected chi connectivity index (χ2v) is 9.51. The first kappa shape index (κ1) is 19.2. The average molecular weight is 363 g/mol. The van der Waals surface area contributed by atoms with Crippen molar-refractivity contribution < 1.29 is 9.32 Å². The third kappa shape index (κ3) is 4.29. The van der Waals surface area contributed by atoms with E-state index in [1.165, 1.54) is 0 Å². The number of hydrogen-bond donors (Lipinski definition) is 1. The molecular weight excluding hydrogens is 336 g/mol. The first-order chi connectivity index (χ1) is 11.3. The van der Waals surface area contributed by atoms with Gasteiger partial charge in [0, 0.05) is 9.79 Å². The first-order valence-corrected chi connectivity index (χ1v) is 10.5. The Kier molecular flexibility index (Phi) is 6.29. The Morgan fingerprint density at radius 2 is 1.62 bits per heavy atom. The highest BCUT2D eigenvalue weighted by atomic mass is 32.2. The van der Waals surface area contributed by atoms with Crippen molar-refractivity contribution in [3.05, 3.63) is 59.7 Å². The monoisotopic (exact) mass is 362 g/mol. The summed E-state index contributed by atoms with van der Waals surface area (Å²) in [4.78, 5) is 1.57. The standard InChI is InChI=1S/C20H26O2S2/c1-14-10-12-15(13-11-14)24(22)17-9-7-6-8-16(17)18(23-5)19(21)20(2,3)4/h6-13,18-19,21H,1-5H3/t18-,19-,24-/m0/s1. The van der Waals surface area contributed by atoms with Gasteiger partial charge in [-0.2, -0.15) is 11.8 Å². The van der Waals surface area contributed by atoms with Gasteiger partial charge in [0.1, 0.15) is 0 Å². The maximum Gasteiger partial charge on any atom is 0.0852 e. The second kappa shape index (κ2) is 7.85. The highest BCUT2D eigenvalue weighted by molar-refractivity contribution is 7.98. The SMILES string of the molecule is CS[C@@H](c1ccccc1[S@@](=O)c1ccc(C)cc1)[C@H](O)C(C)(C)C. The van der Waals surface area contributed by atoms with Crippen LogP contribution in [0, 0.1) is 12.3 Å². The Bertz CT molecular complexity index is 702. The molecule has 0 unspecified atom stereocenters. The quantitative estimate of drug-likeness (QED) is 0.816. The van der Waals surface area contributed by atoms with Crippen molar-refractivity contribution >= 4 is 22.6 Å². The molecule has 3 atom stereocenters. The normalized spacial score (nSPS) is 15.8. The summed E-state index contributed by atoms with van der Waals surface area (Å²) in [7, 11) is -1.26. The van der Waals surface area contributed by atoms with Crippen molar-refractivity contribution in [3.8, 4) is 0 Å². The zero-order valence-electron chi connectivity index (χ0n) is 14.9. The number of aliphatic hydroxyl groups excluding tert-OH is 1. The van der Waals surface area contributed by atoms with Crippen LogP contribution in [0.2, 0.25) is 0 Å². The molecule has 0 bridgehead atoms. The molecule has 0 aromatic heterocycles. The molecule has 130 valence electrons. The van der Waals surface area contributed by atoms with Crippen molar-refractivity contribution in [2.75, 3.05) is 6.26 Å². The van der Waals surface area contributed by atoms with Gasteiger partial charge in [-0.15, -0.1) is 0 Å². The predicted octanol–water partition coefficient (Wildman–Crippen LogP) is 4.97. The molecule has 0 saturated carbocycles. The molecule has 0 spiro atoms.